The fourth-order valence-electron chi connectivity index (χ4n) is 2.61. The second-order valence-electron chi connectivity index (χ2n) is 5.13. The van der Waals surface area contributed by atoms with E-state index in [9.17, 15) is 14.9 Å². The Morgan fingerprint density at radius 1 is 1.62 bits per heavy atom. The van der Waals surface area contributed by atoms with Crippen LogP contribution in [0.2, 0.25) is 0 Å². The second kappa shape index (κ2) is 6.51. The van der Waals surface area contributed by atoms with E-state index in [0.29, 0.717) is 19.0 Å². The molecule has 0 aliphatic carbocycles. The fraction of sp³-hybridized carbons (Fsp3) is 0.571. The van der Waals surface area contributed by atoms with E-state index >= 15 is 0 Å². The summed E-state index contributed by atoms with van der Waals surface area (Å²) in [5.74, 6) is 0.367. The third-order valence-corrected chi connectivity index (χ3v) is 3.59. The SMILES string of the molecule is CCOC(=O)[C@@H]1CCCN(c2ncc([N+](=O)[O-])cc2C)C1. The summed E-state index contributed by atoms with van der Waals surface area (Å²) >= 11 is 0. The maximum Gasteiger partial charge on any atom is 0.310 e. The molecule has 0 saturated carbocycles. The van der Waals surface area contributed by atoms with Crippen LogP contribution in [0.25, 0.3) is 0 Å². The van der Waals surface area contributed by atoms with Gasteiger partial charge >= 0.3 is 5.97 Å². The predicted molar refractivity (Wildman–Crippen MR) is 77.2 cm³/mol. The van der Waals surface area contributed by atoms with Gasteiger partial charge in [0.05, 0.1) is 17.4 Å². The number of ether oxygens (including phenoxy) is 1. The Morgan fingerprint density at radius 2 is 2.38 bits per heavy atom. The molecule has 7 nitrogen and oxygen atoms in total. The van der Waals surface area contributed by atoms with Crippen LogP contribution in [-0.2, 0) is 9.53 Å². The van der Waals surface area contributed by atoms with Gasteiger partial charge in [0.15, 0.2) is 0 Å². The zero-order valence-electron chi connectivity index (χ0n) is 12.2. The van der Waals surface area contributed by atoms with Crippen molar-refractivity contribution in [2.75, 3.05) is 24.6 Å². The summed E-state index contributed by atoms with van der Waals surface area (Å²) in [5, 5.41) is 10.7. The van der Waals surface area contributed by atoms with Crippen molar-refractivity contribution in [2.45, 2.75) is 26.7 Å². The molecule has 1 aliphatic heterocycles. The summed E-state index contributed by atoms with van der Waals surface area (Å²) in [7, 11) is 0. The quantitative estimate of drug-likeness (QED) is 0.480. The Hall–Kier alpha value is -2.18. The van der Waals surface area contributed by atoms with Crippen LogP contribution in [-0.4, -0.2) is 35.6 Å². The summed E-state index contributed by atoms with van der Waals surface area (Å²) in [6.45, 7) is 5.31. The maximum atomic E-state index is 11.8. The van der Waals surface area contributed by atoms with E-state index in [-0.39, 0.29) is 17.6 Å². The van der Waals surface area contributed by atoms with Crippen molar-refractivity contribution in [3.05, 3.63) is 27.9 Å². The first-order chi connectivity index (χ1) is 10.0. The summed E-state index contributed by atoms with van der Waals surface area (Å²) in [4.78, 5) is 28.3. The molecule has 0 N–H and O–H groups in total. The lowest BCUT2D eigenvalue weighted by Gasteiger charge is -2.33. The van der Waals surface area contributed by atoms with Gasteiger partial charge < -0.3 is 9.64 Å². The Balaban J connectivity index is 2.14. The maximum absolute atomic E-state index is 11.8. The highest BCUT2D eigenvalue weighted by molar-refractivity contribution is 5.73. The molecule has 0 amide bonds. The van der Waals surface area contributed by atoms with Gasteiger partial charge in [0.25, 0.3) is 5.69 Å². The molecule has 0 unspecified atom stereocenters. The topological polar surface area (TPSA) is 85.6 Å². The Labute approximate surface area is 123 Å². The van der Waals surface area contributed by atoms with Gasteiger partial charge in [-0.3, -0.25) is 14.9 Å². The minimum atomic E-state index is -0.457. The minimum absolute atomic E-state index is 0.0183. The fourth-order valence-corrected chi connectivity index (χ4v) is 2.61. The van der Waals surface area contributed by atoms with Gasteiger partial charge in [-0.25, -0.2) is 4.98 Å². The molecular formula is C14H19N3O4. The average molecular weight is 293 g/mol. The van der Waals surface area contributed by atoms with Crippen LogP contribution in [0, 0.1) is 23.0 Å². The molecule has 0 bridgehead atoms. The largest absolute Gasteiger partial charge is 0.466 e. The van der Waals surface area contributed by atoms with Crippen molar-refractivity contribution in [2.24, 2.45) is 5.92 Å². The van der Waals surface area contributed by atoms with E-state index in [0.717, 1.165) is 24.9 Å². The number of hydrogen-bond donors (Lipinski definition) is 0. The molecule has 1 fully saturated rings. The first-order valence-electron chi connectivity index (χ1n) is 7.05. The molecule has 2 rings (SSSR count). The highest BCUT2D eigenvalue weighted by Gasteiger charge is 2.28. The van der Waals surface area contributed by atoms with Crippen molar-refractivity contribution >= 4 is 17.5 Å². The standard InChI is InChI=1S/C14H19N3O4/c1-3-21-14(18)11-5-4-6-16(9-11)13-10(2)7-12(8-15-13)17(19)20/h7-8,11H,3-6,9H2,1-2H3/t11-/m1/s1. The lowest BCUT2D eigenvalue weighted by Crippen LogP contribution is -2.40. The zero-order valence-corrected chi connectivity index (χ0v) is 12.2. The Morgan fingerprint density at radius 3 is 3.00 bits per heavy atom. The van der Waals surface area contributed by atoms with Crippen molar-refractivity contribution in [1.29, 1.82) is 0 Å². The molecule has 1 atom stereocenters. The lowest BCUT2D eigenvalue weighted by molar-refractivity contribution is -0.385. The number of esters is 1. The number of nitro groups is 1. The molecule has 2 heterocycles. The predicted octanol–water partition coefficient (Wildman–Crippen LogP) is 2.08. The summed E-state index contributed by atoms with van der Waals surface area (Å²) in [6.07, 6.45) is 2.94. The number of carbonyl (C=O) groups excluding carboxylic acids is 1. The van der Waals surface area contributed by atoms with Crippen molar-refractivity contribution in [3.63, 3.8) is 0 Å². The molecule has 0 spiro atoms. The van der Waals surface area contributed by atoms with Crippen LogP contribution in [0.15, 0.2) is 12.3 Å². The Bertz CT molecular complexity index is 547. The molecule has 1 aromatic heterocycles. The van der Waals surface area contributed by atoms with Gasteiger partial charge in [0, 0.05) is 19.2 Å². The van der Waals surface area contributed by atoms with Crippen molar-refractivity contribution < 1.29 is 14.5 Å². The molecule has 114 valence electrons. The van der Waals surface area contributed by atoms with Gasteiger partial charge in [-0.2, -0.15) is 0 Å². The van der Waals surface area contributed by atoms with Crippen molar-refractivity contribution in [1.82, 2.24) is 4.98 Å². The van der Waals surface area contributed by atoms with E-state index in [4.69, 9.17) is 4.74 Å². The monoisotopic (exact) mass is 293 g/mol. The molecule has 1 aliphatic rings. The molecule has 7 heteroatoms. The average Bonchev–Trinajstić information content (AvgIpc) is 2.47. The molecular weight excluding hydrogens is 274 g/mol. The zero-order chi connectivity index (χ0) is 15.4. The normalized spacial score (nSPS) is 18.4. The van der Waals surface area contributed by atoms with Crippen molar-refractivity contribution in [3.8, 4) is 0 Å². The van der Waals surface area contributed by atoms with Crippen LogP contribution in [0.5, 0.6) is 0 Å². The Kier molecular flexibility index (Phi) is 4.72. The van der Waals surface area contributed by atoms with E-state index in [1.807, 2.05) is 4.90 Å². The summed E-state index contributed by atoms with van der Waals surface area (Å²) < 4.78 is 5.07. The third-order valence-electron chi connectivity index (χ3n) is 3.59. The lowest BCUT2D eigenvalue weighted by atomic mass is 9.98. The first kappa shape index (κ1) is 15.2. The van der Waals surface area contributed by atoms with Crippen LogP contribution >= 0.6 is 0 Å². The third kappa shape index (κ3) is 3.48. The number of carbonyl (C=O) groups is 1. The van der Waals surface area contributed by atoms with Gasteiger partial charge in [-0.1, -0.05) is 0 Å². The number of hydrogen-bond acceptors (Lipinski definition) is 6. The second-order valence-corrected chi connectivity index (χ2v) is 5.13. The van der Waals surface area contributed by atoms with Gasteiger partial charge in [0.1, 0.15) is 12.0 Å². The van der Waals surface area contributed by atoms with E-state index in [1.54, 1.807) is 13.8 Å². The summed E-state index contributed by atoms with van der Waals surface area (Å²) in [5.41, 5.74) is 0.726. The van der Waals surface area contributed by atoms with E-state index < -0.39 is 4.92 Å². The highest BCUT2D eigenvalue weighted by Crippen LogP contribution is 2.26. The van der Waals surface area contributed by atoms with Gasteiger partial charge in [-0.15, -0.1) is 0 Å². The van der Waals surface area contributed by atoms with Gasteiger partial charge in [-0.05, 0) is 32.3 Å². The number of pyridine rings is 1. The van der Waals surface area contributed by atoms with E-state index in [2.05, 4.69) is 4.98 Å². The van der Waals surface area contributed by atoms with Crippen LogP contribution < -0.4 is 4.90 Å². The van der Waals surface area contributed by atoms with Crippen LogP contribution in [0.1, 0.15) is 25.3 Å². The number of piperidine rings is 1. The minimum Gasteiger partial charge on any atom is -0.466 e. The number of aryl methyl sites for hydroxylation is 1. The molecule has 21 heavy (non-hydrogen) atoms. The van der Waals surface area contributed by atoms with Gasteiger partial charge in [0.2, 0.25) is 0 Å². The first-order valence-corrected chi connectivity index (χ1v) is 7.05. The van der Waals surface area contributed by atoms with E-state index in [1.165, 1.54) is 12.3 Å². The summed E-state index contributed by atoms with van der Waals surface area (Å²) in [6, 6.07) is 1.51. The molecule has 1 aromatic rings. The molecule has 0 aromatic carbocycles. The van der Waals surface area contributed by atoms with Crippen LogP contribution in [0.4, 0.5) is 11.5 Å². The number of anilines is 1. The number of nitrogens with zero attached hydrogens (tertiary/aromatic N) is 3. The highest BCUT2D eigenvalue weighted by atomic mass is 16.6. The number of aromatic nitrogens is 1. The number of rotatable bonds is 4. The smallest absolute Gasteiger partial charge is 0.310 e. The molecule has 1 saturated heterocycles. The van der Waals surface area contributed by atoms with Crippen LogP contribution in [0.3, 0.4) is 0 Å². The molecule has 0 radical (unpaired) electrons.